The van der Waals surface area contributed by atoms with Crippen LogP contribution in [0.2, 0.25) is 0 Å². The minimum absolute atomic E-state index is 0.0611. The van der Waals surface area contributed by atoms with E-state index in [9.17, 15) is 4.79 Å². The third kappa shape index (κ3) is 2.62. The normalized spacial score (nSPS) is 14.0. The van der Waals surface area contributed by atoms with E-state index >= 15 is 0 Å². The Morgan fingerprint density at radius 3 is 2.83 bits per heavy atom. The Morgan fingerprint density at radius 2 is 2.22 bits per heavy atom. The lowest BCUT2D eigenvalue weighted by Gasteiger charge is -2.29. The molecule has 2 aromatic rings. The molecule has 3 nitrogen and oxygen atoms in total. The molecule has 98 valence electrons. The van der Waals surface area contributed by atoms with Crippen molar-refractivity contribution in [3.05, 3.63) is 28.1 Å². The molecule has 1 unspecified atom stereocenters. The lowest BCUT2D eigenvalue weighted by atomic mass is 9.82. The summed E-state index contributed by atoms with van der Waals surface area (Å²) >= 11 is 5.86. The van der Waals surface area contributed by atoms with Crippen LogP contribution in [0.3, 0.4) is 0 Å². The number of thiol groups is 1. The van der Waals surface area contributed by atoms with Gasteiger partial charge in [-0.05, 0) is 28.5 Å². The van der Waals surface area contributed by atoms with Crippen LogP contribution in [0.25, 0.3) is 10.2 Å². The molecule has 0 saturated carbocycles. The number of hydrogen-bond donors (Lipinski definition) is 1. The standard InChI is InChI=1S/C13H18N2OS2/c1-13(2,3)9(7-17)6-15-8-14-10-4-5-18-11(10)12(15)16/h4-5,8-9,17H,6-7H2,1-3H3. The van der Waals surface area contributed by atoms with E-state index in [-0.39, 0.29) is 11.0 Å². The predicted octanol–water partition coefficient (Wildman–Crippen LogP) is 3.05. The highest BCUT2D eigenvalue weighted by Gasteiger charge is 2.24. The summed E-state index contributed by atoms with van der Waals surface area (Å²) in [6.07, 6.45) is 1.65. The molecule has 0 aromatic carbocycles. The Bertz CT molecular complexity index is 595. The van der Waals surface area contributed by atoms with Crippen LogP contribution in [0, 0.1) is 11.3 Å². The summed E-state index contributed by atoms with van der Waals surface area (Å²) in [6, 6.07) is 1.88. The summed E-state index contributed by atoms with van der Waals surface area (Å²) in [5, 5.41) is 1.91. The second-order valence-corrected chi connectivity index (χ2v) is 6.86. The minimum atomic E-state index is 0.0611. The van der Waals surface area contributed by atoms with Crippen LogP contribution in [-0.4, -0.2) is 15.3 Å². The van der Waals surface area contributed by atoms with Crippen molar-refractivity contribution in [2.45, 2.75) is 27.3 Å². The molecule has 0 saturated heterocycles. The second kappa shape index (κ2) is 5.05. The number of hydrogen-bond acceptors (Lipinski definition) is 4. The van der Waals surface area contributed by atoms with Crippen molar-refractivity contribution in [1.82, 2.24) is 9.55 Å². The van der Waals surface area contributed by atoms with E-state index in [4.69, 9.17) is 0 Å². The van der Waals surface area contributed by atoms with Gasteiger partial charge in [-0.1, -0.05) is 20.8 Å². The maximum atomic E-state index is 12.3. The van der Waals surface area contributed by atoms with Gasteiger partial charge >= 0.3 is 0 Å². The van der Waals surface area contributed by atoms with Crippen molar-refractivity contribution < 1.29 is 0 Å². The van der Waals surface area contributed by atoms with Crippen LogP contribution in [0.1, 0.15) is 20.8 Å². The Morgan fingerprint density at radius 1 is 1.50 bits per heavy atom. The number of fused-ring (bicyclic) bond motifs is 1. The maximum absolute atomic E-state index is 12.3. The SMILES string of the molecule is CC(C)(C)C(CS)Cn1cnc2ccsc2c1=O. The monoisotopic (exact) mass is 282 g/mol. The third-order valence-electron chi connectivity index (χ3n) is 3.30. The van der Waals surface area contributed by atoms with Gasteiger partial charge in [-0.15, -0.1) is 11.3 Å². The van der Waals surface area contributed by atoms with Crippen molar-refractivity contribution in [2.75, 3.05) is 5.75 Å². The molecule has 1 atom stereocenters. The average molecular weight is 282 g/mol. The second-order valence-electron chi connectivity index (χ2n) is 5.58. The van der Waals surface area contributed by atoms with Gasteiger partial charge < -0.3 is 0 Å². The zero-order chi connectivity index (χ0) is 13.3. The van der Waals surface area contributed by atoms with Gasteiger partial charge in [-0.3, -0.25) is 9.36 Å². The molecule has 0 radical (unpaired) electrons. The highest BCUT2D eigenvalue weighted by atomic mass is 32.1. The number of nitrogens with zero attached hydrogens (tertiary/aromatic N) is 2. The van der Waals surface area contributed by atoms with Gasteiger partial charge in [-0.2, -0.15) is 12.6 Å². The molecule has 0 bridgehead atoms. The molecule has 0 aliphatic rings. The van der Waals surface area contributed by atoms with Crippen LogP contribution in [0.5, 0.6) is 0 Å². The van der Waals surface area contributed by atoms with Gasteiger partial charge in [-0.25, -0.2) is 4.98 Å². The first-order valence-corrected chi connectivity index (χ1v) is 7.48. The smallest absolute Gasteiger partial charge is 0.271 e. The quantitative estimate of drug-likeness (QED) is 0.878. The summed E-state index contributed by atoms with van der Waals surface area (Å²) in [5.41, 5.74) is 0.983. The lowest BCUT2D eigenvalue weighted by Crippen LogP contribution is -2.31. The predicted molar refractivity (Wildman–Crippen MR) is 80.7 cm³/mol. The summed E-state index contributed by atoms with van der Waals surface area (Å²) in [5.74, 6) is 1.11. The summed E-state index contributed by atoms with van der Waals surface area (Å²) < 4.78 is 2.45. The molecule has 0 amide bonds. The molecular weight excluding hydrogens is 264 g/mol. The topological polar surface area (TPSA) is 34.9 Å². The average Bonchev–Trinajstić information content (AvgIpc) is 2.75. The third-order valence-corrected chi connectivity index (χ3v) is 4.63. The first kappa shape index (κ1) is 13.6. The van der Waals surface area contributed by atoms with Gasteiger partial charge in [0.15, 0.2) is 0 Å². The molecule has 2 aromatic heterocycles. The van der Waals surface area contributed by atoms with E-state index in [1.807, 2.05) is 11.4 Å². The molecular formula is C13H18N2OS2. The molecule has 0 N–H and O–H groups in total. The van der Waals surface area contributed by atoms with Gasteiger partial charge in [0.25, 0.3) is 5.56 Å². The minimum Gasteiger partial charge on any atom is -0.298 e. The molecule has 2 rings (SSSR count). The van der Waals surface area contributed by atoms with E-state index in [0.717, 1.165) is 16.0 Å². The number of thiophene rings is 1. The molecule has 5 heteroatoms. The van der Waals surface area contributed by atoms with E-state index in [0.29, 0.717) is 12.5 Å². The first-order chi connectivity index (χ1) is 8.43. The van der Waals surface area contributed by atoms with Gasteiger partial charge in [0.1, 0.15) is 4.70 Å². The molecule has 0 spiro atoms. The largest absolute Gasteiger partial charge is 0.298 e. The van der Waals surface area contributed by atoms with Crippen molar-refractivity contribution in [3.63, 3.8) is 0 Å². The highest BCUT2D eigenvalue weighted by molar-refractivity contribution is 7.80. The molecule has 18 heavy (non-hydrogen) atoms. The molecule has 2 heterocycles. The van der Waals surface area contributed by atoms with Crippen LogP contribution in [0.15, 0.2) is 22.6 Å². The highest BCUT2D eigenvalue weighted by Crippen LogP contribution is 2.28. The summed E-state index contributed by atoms with van der Waals surface area (Å²) in [7, 11) is 0. The Kier molecular flexibility index (Phi) is 3.82. The first-order valence-electron chi connectivity index (χ1n) is 5.97. The fourth-order valence-electron chi connectivity index (χ4n) is 1.85. The number of aromatic nitrogens is 2. The van der Waals surface area contributed by atoms with Crippen LogP contribution < -0.4 is 5.56 Å². The van der Waals surface area contributed by atoms with Gasteiger partial charge in [0, 0.05) is 6.54 Å². The summed E-state index contributed by atoms with van der Waals surface area (Å²) in [6.45, 7) is 7.20. The van der Waals surface area contributed by atoms with Crippen molar-refractivity contribution in [2.24, 2.45) is 11.3 Å². The fourth-order valence-corrected chi connectivity index (χ4v) is 3.31. The zero-order valence-corrected chi connectivity index (χ0v) is 12.6. The molecule has 0 aliphatic heterocycles. The Balaban J connectivity index is 2.37. The zero-order valence-electron chi connectivity index (χ0n) is 10.9. The Labute approximate surface area is 116 Å². The fraction of sp³-hybridized carbons (Fsp3) is 0.538. The Hall–Kier alpha value is -0.810. The van der Waals surface area contributed by atoms with Crippen molar-refractivity contribution >= 4 is 34.2 Å². The lowest BCUT2D eigenvalue weighted by molar-refractivity contribution is 0.236. The van der Waals surface area contributed by atoms with Gasteiger partial charge in [0.05, 0.1) is 11.8 Å². The van der Waals surface area contributed by atoms with E-state index in [2.05, 4.69) is 38.4 Å². The molecule has 0 fully saturated rings. The van der Waals surface area contributed by atoms with E-state index in [1.165, 1.54) is 11.3 Å². The van der Waals surface area contributed by atoms with E-state index < -0.39 is 0 Å². The van der Waals surface area contributed by atoms with Crippen molar-refractivity contribution in [1.29, 1.82) is 0 Å². The number of rotatable bonds is 3. The van der Waals surface area contributed by atoms with E-state index in [1.54, 1.807) is 10.9 Å². The van der Waals surface area contributed by atoms with Crippen LogP contribution in [0.4, 0.5) is 0 Å². The van der Waals surface area contributed by atoms with Gasteiger partial charge in [0.2, 0.25) is 0 Å². The van der Waals surface area contributed by atoms with Crippen LogP contribution in [-0.2, 0) is 6.54 Å². The maximum Gasteiger partial charge on any atom is 0.271 e. The van der Waals surface area contributed by atoms with Crippen molar-refractivity contribution in [3.8, 4) is 0 Å². The molecule has 0 aliphatic carbocycles. The summed E-state index contributed by atoms with van der Waals surface area (Å²) in [4.78, 5) is 16.6. The van der Waals surface area contributed by atoms with Crippen LogP contribution >= 0.6 is 24.0 Å².